The molecule has 27 heavy (non-hydrogen) atoms. The van der Waals surface area contributed by atoms with Crippen LogP contribution in [-0.2, 0) is 25.4 Å². The Morgan fingerprint density at radius 1 is 1.30 bits per heavy atom. The van der Waals surface area contributed by atoms with Crippen molar-refractivity contribution in [1.82, 2.24) is 5.32 Å². The van der Waals surface area contributed by atoms with E-state index in [1.165, 1.54) is 5.56 Å². The van der Waals surface area contributed by atoms with Gasteiger partial charge in [-0.25, -0.2) is 0 Å². The Morgan fingerprint density at radius 3 is 2.59 bits per heavy atom. The highest BCUT2D eigenvalue weighted by atomic mass is 35.5. The number of esters is 1. The first-order valence-electron chi connectivity index (χ1n) is 9.43. The van der Waals surface area contributed by atoms with E-state index in [1.807, 2.05) is 51.1 Å². The van der Waals surface area contributed by atoms with Gasteiger partial charge in [0.2, 0.25) is 0 Å². The van der Waals surface area contributed by atoms with Crippen molar-refractivity contribution >= 4 is 17.6 Å². The number of halogens is 1. The smallest absolute Gasteiger partial charge is 0.320 e. The molecule has 2 rings (SSSR count). The normalized spacial score (nSPS) is 17.2. The first-order valence-corrected chi connectivity index (χ1v) is 9.81. The Labute approximate surface area is 167 Å². The topological polar surface area (TPSA) is 56.8 Å². The van der Waals surface area contributed by atoms with E-state index >= 15 is 0 Å². The van der Waals surface area contributed by atoms with Crippen LogP contribution in [0.15, 0.2) is 36.4 Å². The molecule has 1 N–H and O–H groups in total. The third kappa shape index (κ3) is 8.89. The third-order valence-electron chi connectivity index (χ3n) is 3.90. The average Bonchev–Trinajstić information content (AvgIpc) is 2.62. The standard InChI is InChI=1S/C21H30ClNO4/c1-21(2,3)27-19(24)15-23-18(20-25-13-6-14-26-20)8-5-4-7-16-9-11-17(22)12-10-16/h5,8-12,18,20,23H,4,6-7,13-15H2,1-3H3/b8-5+. The van der Waals surface area contributed by atoms with Crippen LogP contribution in [0.2, 0.25) is 5.02 Å². The van der Waals surface area contributed by atoms with Gasteiger partial charge in [-0.1, -0.05) is 35.9 Å². The highest BCUT2D eigenvalue weighted by Crippen LogP contribution is 2.13. The van der Waals surface area contributed by atoms with Gasteiger partial charge in [-0.05, 0) is 57.7 Å². The van der Waals surface area contributed by atoms with E-state index in [4.69, 9.17) is 25.8 Å². The van der Waals surface area contributed by atoms with E-state index in [2.05, 4.69) is 11.4 Å². The molecular weight excluding hydrogens is 366 g/mol. The van der Waals surface area contributed by atoms with Crippen LogP contribution in [0, 0.1) is 0 Å². The maximum absolute atomic E-state index is 12.0. The van der Waals surface area contributed by atoms with Gasteiger partial charge < -0.3 is 14.2 Å². The summed E-state index contributed by atoms with van der Waals surface area (Å²) in [6.45, 7) is 6.99. The highest BCUT2D eigenvalue weighted by Gasteiger charge is 2.24. The molecule has 1 unspecified atom stereocenters. The minimum absolute atomic E-state index is 0.104. The molecule has 1 fully saturated rings. The molecule has 1 atom stereocenters. The van der Waals surface area contributed by atoms with Crippen molar-refractivity contribution in [1.29, 1.82) is 0 Å². The number of ether oxygens (including phenoxy) is 3. The maximum atomic E-state index is 12.0. The summed E-state index contributed by atoms with van der Waals surface area (Å²) in [4.78, 5) is 12.0. The summed E-state index contributed by atoms with van der Waals surface area (Å²) < 4.78 is 16.7. The summed E-state index contributed by atoms with van der Waals surface area (Å²) in [5.41, 5.74) is 0.730. The number of carbonyl (C=O) groups is 1. The molecule has 0 aliphatic carbocycles. The van der Waals surface area contributed by atoms with Crippen LogP contribution in [-0.4, -0.2) is 43.7 Å². The Morgan fingerprint density at radius 2 is 1.96 bits per heavy atom. The van der Waals surface area contributed by atoms with Gasteiger partial charge in [0, 0.05) is 5.02 Å². The lowest BCUT2D eigenvalue weighted by Crippen LogP contribution is -2.46. The second kappa shape index (κ2) is 10.8. The maximum Gasteiger partial charge on any atom is 0.320 e. The van der Waals surface area contributed by atoms with Crippen LogP contribution >= 0.6 is 11.6 Å². The molecule has 1 aliphatic heterocycles. The van der Waals surface area contributed by atoms with Crippen molar-refractivity contribution in [2.45, 2.75) is 58.0 Å². The van der Waals surface area contributed by atoms with Gasteiger partial charge in [0.1, 0.15) is 5.60 Å². The van der Waals surface area contributed by atoms with Crippen molar-refractivity contribution in [3.63, 3.8) is 0 Å². The predicted octanol–water partition coefficient (Wildman–Crippen LogP) is 3.89. The number of carbonyl (C=O) groups excluding carboxylic acids is 1. The van der Waals surface area contributed by atoms with Crippen LogP contribution in [0.1, 0.15) is 39.2 Å². The number of hydrogen-bond acceptors (Lipinski definition) is 5. The Hall–Kier alpha value is -1.40. The fourth-order valence-corrected chi connectivity index (χ4v) is 2.82. The Bertz CT molecular complexity index is 604. The molecular formula is C21H30ClNO4. The predicted molar refractivity (Wildman–Crippen MR) is 107 cm³/mol. The molecule has 150 valence electrons. The summed E-state index contributed by atoms with van der Waals surface area (Å²) in [6.07, 6.45) is 6.37. The van der Waals surface area contributed by atoms with E-state index < -0.39 is 11.9 Å². The van der Waals surface area contributed by atoms with E-state index in [1.54, 1.807) is 0 Å². The number of rotatable bonds is 8. The van der Waals surface area contributed by atoms with Crippen molar-refractivity contribution in [2.24, 2.45) is 0 Å². The van der Waals surface area contributed by atoms with Gasteiger partial charge in [-0.3, -0.25) is 10.1 Å². The molecule has 0 radical (unpaired) electrons. The molecule has 0 bridgehead atoms. The number of hydrogen-bond donors (Lipinski definition) is 1. The average molecular weight is 396 g/mol. The summed E-state index contributed by atoms with van der Waals surface area (Å²) in [5.74, 6) is -0.294. The Balaban J connectivity index is 1.87. The van der Waals surface area contributed by atoms with Gasteiger partial charge >= 0.3 is 5.97 Å². The first kappa shape index (κ1) is 21.9. The van der Waals surface area contributed by atoms with E-state index in [9.17, 15) is 4.79 Å². The van der Waals surface area contributed by atoms with Crippen LogP contribution in [0.4, 0.5) is 0 Å². The third-order valence-corrected chi connectivity index (χ3v) is 4.16. The summed E-state index contributed by atoms with van der Waals surface area (Å²) in [6, 6.07) is 7.65. The zero-order valence-electron chi connectivity index (χ0n) is 16.4. The summed E-state index contributed by atoms with van der Waals surface area (Å²) in [5, 5.41) is 3.93. The number of aryl methyl sites for hydroxylation is 1. The minimum atomic E-state index is -0.499. The lowest BCUT2D eigenvalue weighted by Gasteiger charge is -2.29. The van der Waals surface area contributed by atoms with Crippen molar-refractivity contribution < 1.29 is 19.0 Å². The summed E-state index contributed by atoms with van der Waals surface area (Å²) >= 11 is 5.91. The van der Waals surface area contributed by atoms with Crippen molar-refractivity contribution in [3.05, 3.63) is 47.0 Å². The number of allylic oxidation sites excluding steroid dienone is 1. The van der Waals surface area contributed by atoms with Crippen LogP contribution in [0.5, 0.6) is 0 Å². The number of nitrogens with one attached hydrogen (secondary N) is 1. The molecule has 1 heterocycles. The zero-order valence-corrected chi connectivity index (χ0v) is 17.1. The zero-order chi connectivity index (χ0) is 19.7. The molecule has 1 aromatic carbocycles. The van der Waals surface area contributed by atoms with Crippen LogP contribution in [0.3, 0.4) is 0 Å². The second-order valence-electron chi connectivity index (χ2n) is 7.55. The highest BCUT2D eigenvalue weighted by molar-refractivity contribution is 6.30. The Kier molecular flexibility index (Phi) is 8.77. The van der Waals surface area contributed by atoms with Crippen LogP contribution < -0.4 is 5.32 Å². The van der Waals surface area contributed by atoms with E-state index in [0.717, 1.165) is 24.3 Å². The van der Waals surface area contributed by atoms with Gasteiger partial charge in [-0.2, -0.15) is 0 Å². The quantitative estimate of drug-likeness (QED) is 0.534. The van der Waals surface area contributed by atoms with Crippen LogP contribution in [0.25, 0.3) is 0 Å². The fourth-order valence-electron chi connectivity index (χ4n) is 2.69. The molecule has 1 aromatic rings. The summed E-state index contributed by atoms with van der Waals surface area (Å²) in [7, 11) is 0. The molecule has 0 aromatic heterocycles. The first-order chi connectivity index (χ1) is 12.8. The van der Waals surface area contributed by atoms with Gasteiger partial charge in [0.05, 0.1) is 25.8 Å². The molecule has 1 saturated heterocycles. The largest absolute Gasteiger partial charge is 0.459 e. The lowest BCUT2D eigenvalue weighted by atomic mass is 10.1. The van der Waals surface area contributed by atoms with Gasteiger partial charge in [0.25, 0.3) is 0 Å². The molecule has 0 spiro atoms. The SMILES string of the molecule is CC(C)(C)OC(=O)CNC(/C=C/CCc1ccc(Cl)cc1)C1OCCCO1. The van der Waals surface area contributed by atoms with Crippen molar-refractivity contribution in [2.75, 3.05) is 19.8 Å². The van der Waals surface area contributed by atoms with Gasteiger partial charge in [0.15, 0.2) is 6.29 Å². The number of benzene rings is 1. The molecule has 1 aliphatic rings. The lowest BCUT2D eigenvalue weighted by molar-refractivity contribution is -0.187. The minimum Gasteiger partial charge on any atom is -0.459 e. The van der Waals surface area contributed by atoms with Crippen molar-refractivity contribution in [3.8, 4) is 0 Å². The molecule has 0 amide bonds. The van der Waals surface area contributed by atoms with E-state index in [0.29, 0.717) is 13.2 Å². The molecule has 5 nitrogen and oxygen atoms in total. The molecule has 6 heteroatoms. The second-order valence-corrected chi connectivity index (χ2v) is 7.99. The monoisotopic (exact) mass is 395 g/mol. The fraction of sp³-hybridized carbons (Fsp3) is 0.571. The van der Waals surface area contributed by atoms with E-state index in [-0.39, 0.29) is 18.6 Å². The van der Waals surface area contributed by atoms with Gasteiger partial charge in [-0.15, -0.1) is 0 Å². The molecule has 0 saturated carbocycles.